The molecule has 0 spiro atoms. The van der Waals surface area contributed by atoms with Crippen molar-refractivity contribution in [2.45, 2.75) is 44.6 Å². The predicted octanol–water partition coefficient (Wildman–Crippen LogP) is 1.46. The Morgan fingerprint density at radius 2 is 1.33 bits per heavy atom. The zero-order valence-electron chi connectivity index (χ0n) is 7.24. The van der Waals surface area contributed by atoms with Gasteiger partial charge in [-0.25, -0.2) is 0 Å². The summed E-state index contributed by atoms with van der Waals surface area (Å²) in [6, 6.07) is 0. The van der Waals surface area contributed by atoms with E-state index in [9.17, 15) is 18.3 Å². The Hall–Kier alpha value is -0.290. The molecule has 0 aromatic rings. The maximum absolute atomic E-state index is 11.8. The van der Waals surface area contributed by atoms with Crippen LogP contribution < -0.4 is 0 Å². The lowest BCUT2D eigenvalue weighted by Gasteiger charge is -2.35. The zero-order valence-corrected chi connectivity index (χ0v) is 7.24. The molecule has 0 amide bonds. The van der Waals surface area contributed by atoms with Gasteiger partial charge in [0.1, 0.15) is 0 Å². The van der Waals surface area contributed by atoms with E-state index in [0.717, 1.165) is 20.8 Å². The first-order valence-corrected chi connectivity index (χ1v) is 3.47. The van der Waals surface area contributed by atoms with Gasteiger partial charge in [-0.2, -0.15) is 13.2 Å². The fraction of sp³-hybridized carbons (Fsp3) is 1.00. The molecule has 0 aromatic carbocycles. The molecular weight excluding hydrogens is 173 g/mol. The number of hydrogen-bond donors (Lipinski definition) is 2. The van der Waals surface area contributed by atoms with E-state index in [1.807, 2.05) is 0 Å². The average Bonchev–Trinajstić information content (AvgIpc) is 1.52. The summed E-state index contributed by atoms with van der Waals surface area (Å²) in [7, 11) is 0. The van der Waals surface area contributed by atoms with Crippen LogP contribution in [0.5, 0.6) is 0 Å². The molecule has 5 heteroatoms. The molecular formula is C7H13F3O2. The largest absolute Gasteiger partial charge is 0.391 e. The van der Waals surface area contributed by atoms with Crippen LogP contribution in [0, 0.1) is 0 Å². The molecule has 0 aliphatic rings. The molecule has 0 aromatic heterocycles. The van der Waals surface area contributed by atoms with Gasteiger partial charge < -0.3 is 10.2 Å². The SMILES string of the molecule is CC(C)(O)C(C)(O)CC(F)(F)F. The highest BCUT2D eigenvalue weighted by Gasteiger charge is 2.46. The van der Waals surface area contributed by atoms with Crippen molar-refractivity contribution in [3.63, 3.8) is 0 Å². The van der Waals surface area contributed by atoms with E-state index < -0.39 is 23.8 Å². The summed E-state index contributed by atoms with van der Waals surface area (Å²) in [5, 5.41) is 18.4. The molecule has 0 saturated carbocycles. The van der Waals surface area contributed by atoms with Crippen LogP contribution in [0.25, 0.3) is 0 Å². The second-order valence-electron chi connectivity index (χ2n) is 3.62. The van der Waals surface area contributed by atoms with Crippen LogP contribution in [-0.4, -0.2) is 27.6 Å². The van der Waals surface area contributed by atoms with Gasteiger partial charge >= 0.3 is 6.18 Å². The van der Waals surface area contributed by atoms with Gasteiger partial charge in [0.25, 0.3) is 0 Å². The van der Waals surface area contributed by atoms with Gasteiger partial charge in [0.2, 0.25) is 0 Å². The van der Waals surface area contributed by atoms with E-state index in [4.69, 9.17) is 5.11 Å². The number of hydrogen-bond acceptors (Lipinski definition) is 2. The minimum absolute atomic E-state index is 0.959. The molecule has 0 fully saturated rings. The normalized spacial score (nSPS) is 19.0. The van der Waals surface area contributed by atoms with Crippen molar-refractivity contribution in [2.75, 3.05) is 0 Å². The molecule has 74 valence electrons. The van der Waals surface area contributed by atoms with Gasteiger partial charge in [-0.05, 0) is 20.8 Å². The van der Waals surface area contributed by atoms with Crippen molar-refractivity contribution in [1.82, 2.24) is 0 Å². The lowest BCUT2D eigenvalue weighted by atomic mass is 9.85. The van der Waals surface area contributed by atoms with E-state index in [-0.39, 0.29) is 0 Å². The van der Waals surface area contributed by atoms with Gasteiger partial charge in [-0.3, -0.25) is 0 Å². The molecule has 0 bridgehead atoms. The Kier molecular flexibility index (Phi) is 2.81. The summed E-state index contributed by atoms with van der Waals surface area (Å²) in [6.45, 7) is 3.23. The quantitative estimate of drug-likeness (QED) is 0.685. The third-order valence-electron chi connectivity index (χ3n) is 1.86. The highest BCUT2D eigenvalue weighted by atomic mass is 19.4. The van der Waals surface area contributed by atoms with Crippen molar-refractivity contribution in [3.8, 4) is 0 Å². The van der Waals surface area contributed by atoms with Crippen LogP contribution in [0.3, 0.4) is 0 Å². The summed E-state index contributed by atoms with van der Waals surface area (Å²) in [6.07, 6.45) is -5.88. The van der Waals surface area contributed by atoms with E-state index in [1.165, 1.54) is 0 Å². The van der Waals surface area contributed by atoms with Crippen molar-refractivity contribution in [3.05, 3.63) is 0 Å². The maximum Gasteiger partial charge on any atom is 0.391 e. The van der Waals surface area contributed by atoms with Crippen LogP contribution in [0.4, 0.5) is 13.2 Å². The van der Waals surface area contributed by atoms with Crippen molar-refractivity contribution >= 4 is 0 Å². The van der Waals surface area contributed by atoms with Crippen molar-refractivity contribution < 1.29 is 23.4 Å². The van der Waals surface area contributed by atoms with Crippen molar-refractivity contribution in [2.24, 2.45) is 0 Å². The Balaban J connectivity index is 4.44. The Labute approximate surface area is 69.0 Å². The fourth-order valence-corrected chi connectivity index (χ4v) is 0.607. The third kappa shape index (κ3) is 3.40. The molecule has 1 atom stereocenters. The minimum atomic E-state index is -4.47. The average molecular weight is 186 g/mol. The van der Waals surface area contributed by atoms with Gasteiger partial charge in [0, 0.05) is 0 Å². The van der Waals surface area contributed by atoms with E-state index in [2.05, 4.69) is 0 Å². The summed E-state index contributed by atoms with van der Waals surface area (Å²) >= 11 is 0. The third-order valence-corrected chi connectivity index (χ3v) is 1.86. The summed E-state index contributed by atoms with van der Waals surface area (Å²) < 4.78 is 35.4. The molecule has 0 saturated heterocycles. The van der Waals surface area contributed by atoms with Gasteiger partial charge in [0.05, 0.1) is 17.6 Å². The van der Waals surface area contributed by atoms with Crippen LogP contribution in [0.15, 0.2) is 0 Å². The molecule has 1 unspecified atom stereocenters. The first kappa shape index (κ1) is 11.7. The fourth-order valence-electron chi connectivity index (χ4n) is 0.607. The second-order valence-corrected chi connectivity index (χ2v) is 3.62. The Morgan fingerprint density at radius 3 is 1.42 bits per heavy atom. The molecule has 0 radical (unpaired) electrons. The van der Waals surface area contributed by atoms with E-state index >= 15 is 0 Å². The Morgan fingerprint density at radius 1 is 1.00 bits per heavy atom. The van der Waals surface area contributed by atoms with E-state index in [1.54, 1.807) is 0 Å². The summed E-state index contributed by atoms with van der Waals surface area (Å²) in [5.74, 6) is 0. The molecule has 12 heavy (non-hydrogen) atoms. The van der Waals surface area contributed by atoms with Crippen LogP contribution >= 0.6 is 0 Å². The number of rotatable bonds is 2. The standard InChI is InChI=1S/C7H13F3O2/c1-5(2,11)6(3,12)4-7(8,9)10/h11-12H,4H2,1-3H3. The van der Waals surface area contributed by atoms with Gasteiger partial charge in [-0.15, -0.1) is 0 Å². The van der Waals surface area contributed by atoms with Crippen LogP contribution in [0.1, 0.15) is 27.2 Å². The smallest absolute Gasteiger partial charge is 0.387 e. The first-order valence-electron chi connectivity index (χ1n) is 3.47. The highest BCUT2D eigenvalue weighted by Crippen LogP contribution is 2.33. The van der Waals surface area contributed by atoms with E-state index in [0.29, 0.717) is 0 Å². The topological polar surface area (TPSA) is 40.5 Å². The summed E-state index contributed by atoms with van der Waals surface area (Å²) in [4.78, 5) is 0. The predicted molar refractivity (Wildman–Crippen MR) is 37.6 cm³/mol. The number of aliphatic hydroxyl groups is 2. The lowest BCUT2D eigenvalue weighted by Crippen LogP contribution is -2.50. The molecule has 2 nitrogen and oxygen atoms in total. The number of alkyl halides is 3. The summed E-state index contributed by atoms with van der Waals surface area (Å²) in [5.41, 5.74) is -3.91. The molecule has 0 aliphatic heterocycles. The molecule has 0 rings (SSSR count). The van der Waals surface area contributed by atoms with Gasteiger partial charge in [-0.1, -0.05) is 0 Å². The monoisotopic (exact) mass is 186 g/mol. The molecule has 2 N–H and O–H groups in total. The van der Waals surface area contributed by atoms with Crippen molar-refractivity contribution in [1.29, 1.82) is 0 Å². The maximum atomic E-state index is 11.8. The van der Waals surface area contributed by atoms with Crippen LogP contribution in [-0.2, 0) is 0 Å². The lowest BCUT2D eigenvalue weighted by molar-refractivity contribution is -0.212. The molecule has 0 heterocycles. The number of halogens is 3. The minimum Gasteiger partial charge on any atom is -0.387 e. The second kappa shape index (κ2) is 2.88. The Bertz CT molecular complexity index is 155. The van der Waals surface area contributed by atoms with Gasteiger partial charge in [0.15, 0.2) is 0 Å². The zero-order chi connectivity index (χ0) is 10.2. The highest BCUT2D eigenvalue weighted by molar-refractivity contribution is 4.91. The first-order chi connectivity index (χ1) is 4.96. The molecule has 0 aliphatic carbocycles. The van der Waals surface area contributed by atoms with Crippen LogP contribution in [0.2, 0.25) is 0 Å².